The number of rotatable bonds is 6. The molecule has 2 unspecified atom stereocenters. The molecule has 3 aromatic carbocycles. The van der Waals surface area contributed by atoms with E-state index in [0.717, 1.165) is 62.0 Å². The van der Waals surface area contributed by atoms with Gasteiger partial charge in [-0.3, -0.25) is 9.80 Å². The number of thiophene rings is 1. The molecule has 0 saturated heterocycles. The van der Waals surface area contributed by atoms with Gasteiger partial charge in [0, 0.05) is 31.1 Å². The largest absolute Gasteiger partial charge is 0.284 e. The maximum absolute atomic E-state index is 13.8. The second-order valence-electron chi connectivity index (χ2n) is 11.4. The van der Waals surface area contributed by atoms with Crippen molar-refractivity contribution in [2.45, 2.75) is 45.2 Å². The molecule has 5 heterocycles. The first kappa shape index (κ1) is 30.0. The number of aromatic nitrogens is 8. The number of halogens is 2. The van der Waals surface area contributed by atoms with Gasteiger partial charge in [0.2, 0.25) is 0 Å². The Kier molecular flexibility index (Phi) is 8.68. The van der Waals surface area contributed by atoms with E-state index in [1.165, 1.54) is 28.1 Å². The molecule has 0 bridgehead atoms. The van der Waals surface area contributed by atoms with Crippen LogP contribution in [-0.2, 0) is 26.2 Å². The molecule has 0 amide bonds. The van der Waals surface area contributed by atoms with Gasteiger partial charge in [0.1, 0.15) is 11.6 Å². The molecule has 46 heavy (non-hydrogen) atoms. The van der Waals surface area contributed by atoms with Crippen molar-refractivity contribution in [1.29, 1.82) is 0 Å². The Morgan fingerprint density at radius 2 is 1.26 bits per heavy atom. The second kappa shape index (κ2) is 13.3. The molecule has 2 atom stereocenters. The van der Waals surface area contributed by atoms with Crippen LogP contribution < -0.4 is 0 Å². The Labute approximate surface area is 268 Å². The van der Waals surface area contributed by atoms with Crippen LogP contribution >= 0.6 is 11.3 Å². The van der Waals surface area contributed by atoms with Crippen LogP contribution in [0, 0.1) is 18.6 Å². The highest BCUT2D eigenvalue weighted by Crippen LogP contribution is 2.33. The van der Waals surface area contributed by atoms with E-state index in [-0.39, 0.29) is 23.7 Å². The third-order valence-electron chi connectivity index (χ3n) is 8.27. The molecule has 0 N–H and O–H groups in total. The van der Waals surface area contributed by atoms with E-state index in [1.807, 2.05) is 22.9 Å². The van der Waals surface area contributed by atoms with Crippen molar-refractivity contribution < 1.29 is 8.78 Å². The summed E-state index contributed by atoms with van der Waals surface area (Å²) in [7, 11) is 0. The monoisotopic (exact) mass is 638 g/mol. The quantitative estimate of drug-likeness (QED) is 0.246. The predicted octanol–water partition coefficient (Wildman–Crippen LogP) is 5.20. The first-order chi connectivity index (χ1) is 22.5. The smallest absolute Gasteiger partial charge is 0.173 e. The van der Waals surface area contributed by atoms with Crippen molar-refractivity contribution in [3.63, 3.8) is 0 Å². The molecular weight excluding hydrogens is 606 g/mol. The molecule has 0 radical (unpaired) electrons. The first-order valence-corrected chi connectivity index (χ1v) is 16.0. The average molecular weight is 639 g/mol. The number of fused-ring (bicyclic) bond motifs is 2. The minimum Gasteiger partial charge on any atom is -0.284 e. The van der Waals surface area contributed by atoms with Gasteiger partial charge in [-0.25, -0.2) is 18.1 Å². The molecule has 2 aliphatic rings. The molecule has 2 aliphatic heterocycles. The molecule has 13 heteroatoms. The summed E-state index contributed by atoms with van der Waals surface area (Å²) in [5.41, 5.74) is 4.22. The van der Waals surface area contributed by atoms with Gasteiger partial charge in [0.15, 0.2) is 11.6 Å². The van der Waals surface area contributed by atoms with Crippen molar-refractivity contribution in [1.82, 2.24) is 50.2 Å². The maximum Gasteiger partial charge on any atom is 0.173 e. The highest BCUT2D eigenvalue weighted by molar-refractivity contribution is 7.09. The molecule has 0 saturated carbocycles. The summed E-state index contributed by atoms with van der Waals surface area (Å²) in [5.74, 6) is 1.05. The van der Waals surface area contributed by atoms with Gasteiger partial charge in [0.25, 0.3) is 0 Å². The van der Waals surface area contributed by atoms with E-state index in [0.29, 0.717) is 0 Å². The van der Waals surface area contributed by atoms with Crippen molar-refractivity contribution in [3.8, 4) is 0 Å². The van der Waals surface area contributed by atoms with Crippen LogP contribution in [0.25, 0.3) is 0 Å². The number of hydrogen-bond donors (Lipinski definition) is 0. The Morgan fingerprint density at radius 3 is 1.80 bits per heavy atom. The molecule has 8 rings (SSSR count). The summed E-state index contributed by atoms with van der Waals surface area (Å²) in [6.07, 6.45) is 0. The van der Waals surface area contributed by atoms with Crippen molar-refractivity contribution in [2.24, 2.45) is 0 Å². The van der Waals surface area contributed by atoms with Crippen LogP contribution in [0.5, 0.6) is 0 Å². The summed E-state index contributed by atoms with van der Waals surface area (Å²) in [6, 6.07) is 25.7. The number of nitrogens with zero attached hydrogens (tertiary/aromatic N) is 10. The van der Waals surface area contributed by atoms with Crippen LogP contribution in [0.2, 0.25) is 0 Å². The SMILES string of the molecule is Cc1cccc(CN2CCn3nnnc3C2c2cccc(F)c2)c1.Fc1cccc(C2c3nnnn3CCN2Cc2cccs2)c1. The summed E-state index contributed by atoms with van der Waals surface area (Å²) >= 11 is 1.73. The third-order valence-corrected chi connectivity index (χ3v) is 9.13. The molecule has 3 aromatic heterocycles. The Bertz CT molecular complexity index is 1910. The second-order valence-corrected chi connectivity index (χ2v) is 12.5. The molecule has 6 aromatic rings. The fraction of sp³-hybridized carbons (Fsp3) is 0.273. The van der Waals surface area contributed by atoms with Crippen molar-refractivity contribution in [3.05, 3.63) is 141 Å². The lowest BCUT2D eigenvalue weighted by Gasteiger charge is -2.35. The summed E-state index contributed by atoms with van der Waals surface area (Å²) in [4.78, 5) is 5.88. The van der Waals surface area contributed by atoms with Crippen LogP contribution in [0.3, 0.4) is 0 Å². The van der Waals surface area contributed by atoms with E-state index in [9.17, 15) is 8.78 Å². The van der Waals surface area contributed by atoms with Crippen LogP contribution in [0.1, 0.15) is 50.9 Å². The number of tetrazole rings is 2. The lowest BCUT2D eigenvalue weighted by atomic mass is 10.0. The van der Waals surface area contributed by atoms with Gasteiger partial charge in [-0.2, -0.15) is 0 Å². The standard InChI is InChI=1S/C18H18FN5.C15H14FN5S/c1-13-4-2-5-14(10-13)12-23-8-9-24-18(20-21-22-24)17(23)15-6-3-7-16(19)11-15;16-12-4-1-3-11(9-12)14-15-17-18-19-21(15)7-6-20(14)10-13-5-2-8-22-13/h2-7,10-11,17H,8-9,12H2,1H3;1-5,8-9,14H,6-7,10H2. The number of aryl methyl sites for hydroxylation is 1. The van der Waals surface area contributed by atoms with Gasteiger partial charge in [-0.15, -0.1) is 21.5 Å². The van der Waals surface area contributed by atoms with Crippen LogP contribution in [0.4, 0.5) is 8.78 Å². The highest BCUT2D eigenvalue weighted by atomic mass is 32.1. The van der Waals surface area contributed by atoms with Gasteiger partial charge >= 0.3 is 0 Å². The zero-order chi connectivity index (χ0) is 31.5. The van der Waals surface area contributed by atoms with Crippen molar-refractivity contribution >= 4 is 11.3 Å². The van der Waals surface area contributed by atoms with E-state index in [2.05, 4.69) is 83.5 Å². The molecule has 10 nitrogen and oxygen atoms in total. The third kappa shape index (κ3) is 6.48. The maximum atomic E-state index is 13.8. The van der Waals surface area contributed by atoms with Gasteiger partial charge in [-0.05, 0) is 80.2 Å². The Morgan fingerprint density at radius 1 is 0.674 bits per heavy atom. The average Bonchev–Trinajstić information content (AvgIpc) is 3.84. The fourth-order valence-electron chi connectivity index (χ4n) is 6.23. The Balaban J connectivity index is 0.000000147. The van der Waals surface area contributed by atoms with E-state index in [1.54, 1.807) is 40.3 Å². The summed E-state index contributed by atoms with van der Waals surface area (Å²) in [5, 5.41) is 26.1. The van der Waals surface area contributed by atoms with Gasteiger partial charge in [-0.1, -0.05) is 60.2 Å². The fourth-order valence-corrected chi connectivity index (χ4v) is 6.96. The molecular formula is C33H32F2N10S. The van der Waals surface area contributed by atoms with Gasteiger partial charge < -0.3 is 0 Å². The molecule has 0 aliphatic carbocycles. The van der Waals surface area contributed by atoms with Crippen LogP contribution in [0.15, 0.2) is 90.3 Å². The summed E-state index contributed by atoms with van der Waals surface area (Å²) < 4.78 is 31.0. The normalized spacial score (nSPS) is 18.0. The zero-order valence-electron chi connectivity index (χ0n) is 25.2. The van der Waals surface area contributed by atoms with Gasteiger partial charge in [0.05, 0.1) is 25.2 Å². The zero-order valence-corrected chi connectivity index (χ0v) is 26.0. The minimum atomic E-state index is -0.243. The van der Waals surface area contributed by atoms with Crippen LogP contribution in [-0.4, -0.2) is 63.3 Å². The molecule has 0 spiro atoms. The van der Waals surface area contributed by atoms with E-state index in [4.69, 9.17) is 0 Å². The highest BCUT2D eigenvalue weighted by Gasteiger charge is 2.33. The first-order valence-electron chi connectivity index (χ1n) is 15.1. The van der Waals surface area contributed by atoms with E-state index >= 15 is 0 Å². The lowest BCUT2D eigenvalue weighted by Crippen LogP contribution is -2.39. The predicted molar refractivity (Wildman–Crippen MR) is 168 cm³/mol. The summed E-state index contributed by atoms with van der Waals surface area (Å²) in [6.45, 7) is 6.80. The lowest BCUT2D eigenvalue weighted by molar-refractivity contribution is 0.163. The van der Waals surface area contributed by atoms with E-state index < -0.39 is 0 Å². The van der Waals surface area contributed by atoms with Crippen molar-refractivity contribution in [2.75, 3.05) is 13.1 Å². The Hall–Kier alpha value is -4.72. The number of hydrogen-bond acceptors (Lipinski definition) is 9. The molecule has 0 fully saturated rings. The topological polar surface area (TPSA) is 93.7 Å². The molecule has 234 valence electrons. The number of benzene rings is 3. The minimum absolute atomic E-state index is 0.124.